The summed E-state index contributed by atoms with van der Waals surface area (Å²) < 4.78 is 5.70. The van der Waals surface area contributed by atoms with Crippen LogP contribution in [0.4, 0.5) is 6.01 Å². The molecule has 1 aromatic heterocycles. The van der Waals surface area contributed by atoms with Crippen molar-refractivity contribution in [2.75, 3.05) is 5.32 Å². The molecule has 2 atom stereocenters. The number of fused-ring (bicyclic) bond motifs is 2. The van der Waals surface area contributed by atoms with Crippen molar-refractivity contribution in [3.05, 3.63) is 59.7 Å². The van der Waals surface area contributed by atoms with Crippen LogP contribution in [0.5, 0.6) is 0 Å². The molecule has 0 bridgehead atoms. The first-order chi connectivity index (χ1) is 14.7. The van der Waals surface area contributed by atoms with E-state index in [4.69, 9.17) is 4.42 Å². The maximum Gasteiger partial charge on any atom is 0.302 e. The van der Waals surface area contributed by atoms with Crippen LogP contribution in [-0.4, -0.2) is 16.8 Å². The second-order valence-corrected chi connectivity index (χ2v) is 8.36. The van der Waals surface area contributed by atoms with Crippen molar-refractivity contribution < 1.29 is 14.0 Å². The molecule has 1 aliphatic carbocycles. The van der Waals surface area contributed by atoms with Crippen LogP contribution in [-0.2, 0) is 4.79 Å². The van der Waals surface area contributed by atoms with Crippen LogP contribution in [0, 0.1) is 11.8 Å². The van der Waals surface area contributed by atoms with Gasteiger partial charge in [-0.05, 0) is 36.1 Å². The lowest BCUT2D eigenvalue weighted by Gasteiger charge is -2.29. The molecule has 1 fully saturated rings. The van der Waals surface area contributed by atoms with Crippen molar-refractivity contribution in [1.82, 2.24) is 10.3 Å². The van der Waals surface area contributed by atoms with E-state index >= 15 is 0 Å². The highest BCUT2D eigenvalue weighted by Gasteiger charge is 2.39. The zero-order valence-corrected chi connectivity index (χ0v) is 16.8. The van der Waals surface area contributed by atoms with Gasteiger partial charge in [0.15, 0.2) is 5.58 Å². The highest BCUT2D eigenvalue weighted by molar-refractivity contribution is 6.01. The molecule has 1 saturated carbocycles. The number of oxazole rings is 1. The molecule has 6 nitrogen and oxygen atoms in total. The molecule has 2 amide bonds. The summed E-state index contributed by atoms with van der Waals surface area (Å²) in [6.45, 7) is 0. The Hall–Kier alpha value is -3.15. The lowest BCUT2D eigenvalue weighted by atomic mass is 9.79. The van der Waals surface area contributed by atoms with Crippen molar-refractivity contribution in [2.24, 2.45) is 11.8 Å². The summed E-state index contributed by atoms with van der Waals surface area (Å²) >= 11 is 0. The lowest BCUT2D eigenvalue weighted by Crippen LogP contribution is -2.36. The van der Waals surface area contributed by atoms with Gasteiger partial charge in [-0.1, -0.05) is 62.4 Å². The minimum atomic E-state index is -0.379. The van der Waals surface area contributed by atoms with Gasteiger partial charge in [-0.15, -0.1) is 0 Å². The van der Waals surface area contributed by atoms with Crippen LogP contribution in [0.25, 0.3) is 11.1 Å². The van der Waals surface area contributed by atoms with Crippen molar-refractivity contribution in [1.29, 1.82) is 0 Å². The molecule has 5 rings (SSSR count). The average molecular weight is 403 g/mol. The third kappa shape index (κ3) is 3.58. The van der Waals surface area contributed by atoms with Gasteiger partial charge in [0.05, 0.1) is 12.0 Å². The lowest BCUT2D eigenvalue weighted by molar-refractivity contribution is -0.121. The zero-order valence-electron chi connectivity index (χ0n) is 16.8. The molecule has 1 unspecified atom stereocenters. The molecule has 2 heterocycles. The summed E-state index contributed by atoms with van der Waals surface area (Å²) in [5.41, 5.74) is 2.90. The molecular weight excluding hydrogens is 378 g/mol. The molecule has 0 saturated heterocycles. The molecule has 2 N–H and O–H groups in total. The predicted octanol–water partition coefficient (Wildman–Crippen LogP) is 4.84. The first-order valence-corrected chi connectivity index (χ1v) is 10.8. The van der Waals surface area contributed by atoms with Crippen molar-refractivity contribution >= 4 is 28.9 Å². The van der Waals surface area contributed by atoms with Crippen molar-refractivity contribution in [2.45, 2.75) is 44.6 Å². The number of amides is 2. The smallest absolute Gasteiger partial charge is 0.302 e. The van der Waals surface area contributed by atoms with Crippen molar-refractivity contribution in [3.63, 3.8) is 0 Å². The van der Waals surface area contributed by atoms with Gasteiger partial charge < -0.3 is 9.73 Å². The Morgan fingerprint density at radius 2 is 1.87 bits per heavy atom. The first-order valence-electron chi connectivity index (χ1n) is 10.8. The molecule has 154 valence electrons. The van der Waals surface area contributed by atoms with Crippen molar-refractivity contribution in [3.8, 4) is 0 Å². The Balaban J connectivity index is 1.43. The van der Waals surface area contributed by atoms with E-state index in [1.54, 1.807) is 0 Å². The summed E-state index contributed by atoms with van der Waals surface area (Å²) in [4.78, 5) is 30.3. The fourth-order valence-corrected chi connectivity index (χ4v) is 4.89. The Morgan fingerprint density at radius 3 is 2.70 bits per heavy atom. The van der Waals surface area contributed by atoms with Gasteiger partial charge >= 0.3 is 6.01 Å². The molecule has 0 radical (unpaired) electrons. The van der Waals surface area contributed by atoms with E-state index in [-0.39, 0.29) is 29.8 Å². The number of rotatable bonds is 5. The van der Waals surface area contributed by atoms with Gasteiger partial charge in [0.1, 0.15) is 5.52 Å². The normalized spacial score (nSPS) is 20.0. The van der Waals surface area contributed by atoms with Crippen LogP contribution < -0.4 is 10.6 Å². The minimum Gasteiger partial charge on any atom is -0.423 e. The summed E-state index contributed by atoms with van der Waals surface area (Å²) in [6, 6.07) is 14.8. The number of hydrogen-bond donors (Lipinski definition) is 2. The van der Waals surface area contributed by atoms with Crippen LogP contribution in [0.15, 0.2) is 52.9 Å². The quantitative estimate of drug-likeness (QED) is 0.639. The standard InChI is InChI=1S/C24H25N3O3/c28-22-17-11-5-4-10-16(17)21(26-22)18(14-15-8-2-1-3-9-15)23(29)27-24-25-19-12-6-7-13-20(19)30-24/h4-7,10-13,15,18,21H,1-3,8-9,14H2,(H,26,28)(H,25,27,29)/t18-,21?/m0/s1. The van der Waals surface area contributed by atoms with Gasteiger partial charge in [0, 0.05) is 5.56 Å². The van der Waals surface area contributed by atoms with E-state index in [2.05, 4.69) is 15.6 Å². The number of nitrogens with zero attached hydrogens (tertiary/aromatic N) is 1. The predicted molar refractivity (Wildman–Crippen MR) is 114 cm³/mol. The summed E-state index contributed by atoms with van der Waals surface area (Å²) in [6.07, 6.45) is 6.68. The number of aromatic nitrogens is 1. The molecule has 2 aromatic carbocycles. The molecule has 1 aliphatic heterocycles. The minimum absolute atomic E-state index is 0.112. The Kier molecular flexibility index (Phi) is 4.99. The maximum absolute atomic E-state index is 13.4. The third-order valence-electron chi connectivity index (χ3n) is 6.40. The summed E-state index contributed by atoms with van der Waals surface area (Å²) in [5, 5.41) is 5.93. The summed E-state index contributed by atoms with van der Waals surface area (Å²) in [7, 11) is 0. The number of anilines is 1. The number of para-hydroxylation sites is 2. The van der Waals surface area contributed by atoms with Crippen LogP contribution >= 0.6 is 0 Å². The number of nitrogens with one attached hydrogen (secondary N) is 2. The van der Waals surface area contributed by atoms with E-state index in [0.29, 0.717) is 22.6 Å². The zero-order chi connectivity index (χ0) is 20.5. The average Bonchev–Trinajstić information content (AvgIpc) is 3.33. The second-order valence-electron chi connectivity index (χ2n) is 8.36. The highest BCUT2D eigenvalue weighted by atomic mass is 16.4. The Bertz CT molecular complexity index is 1050. The van der Waals surface area contributed by atoms with E-state index in [0.717, 1.165) is 24.8 Å². The van der Waals surface area contributed by atoms with E-state index in [1.165, 1.54) is 19.3 Å². The number of carbonyl (C=O) groups excluding carboxylic acids is 2. The van der Waals surface area contributed by atoms with Gasteiger partial charge in [-0.3, -0.25) is 14.9 Å². The molecule has 0 spiro atoms. The van der Waals surface area contributed by atoms with Crippen LogP contribution in [0.3, 0.4) is 0 Å². The van der Waals surface area contributed by atoms with Gasteiger partial charge in [-0.2, -0.15) is 4.98 Å². The van der Waals surface area contributed by atoms with E-state index in [1.807, 2.05) is 48.5 Å². The highest BCUT2D eigenvalue weighted by Crippen LogP contribution is 2.38. The molecule has 2 aliphatic rings. The molecule has 6 heteroatoms. The topological polar surface area (TPSA) is 84.2 Å². The second kappa shape index (κ2) is 7.94. The van der Waals surface area contributed by atoms with Crippen LogP contribution in [0.2, 0.25) is 0 Å². The first kappa shape index (κ1) is 18.9. The molecular formula is C24H25N3O3. The summed E-state index contributed by atoms with van der Waals surface area (Å²) in [5.74, 6) is -0.161. The maximum atomic E-state index is 13.4. The monoisotopic (exact) mass is 403 g/mol. The largest absolute Gasteiger partial charge is 0.423 e. The Morgan fingerprint density at radius 1 is 1.10 bits per heavy atom. The van der Waals surface area contributed by atoms with E-state index in [9.17, 15) is 9.59 Å². The number of hydrogen-bond acceptors (Lipinski definition) is 4. The van der Waals surface area contributed by atoms with Gasteiger partial charge in [0.2, 0.25) is 5.91 Å². The van der Waals surface area contributed by atoms with Gasteiger partial charge in [0.25, 0.3) is 5.91 Å². The van der Waals surface area contributed by atoms with E-state index < -0.39 is 0 Å². The third-order valence-corrected chi connectivity index (χ3v) is 6.40. The SMILES string of the molecule is O=C1NC([C@H](CC2CCCCC2)C(=O)Nc2nc3ccccc3o2)c2ccccc21. The fourth-order valence-electron chi connectivity index (χ4n) is 4.89. The number of carbonyl (C=O) groups is 2. The van der Waals surface area contributed by atoms with Gasteiger partial charge in [-0.25, -0.2) is 0 Å². The number of benzene rings is 2. The Labute approximate surface area is 175 Å². The molecule has 3 aromatic rings. The fraction of sp³-hybridized carbons (Fsp3) is 0.375. The van der Waals surface area contributed by atoms with Crippen LogP contribution in [0.1, 0.15) is 60.5 Å². The molecule has 30 heavy (non-hydrogen) atoms.